The molecule has 0 radical (unpaired) electrons. The molecule has 0 saturated heterocycles. The lowest BCUT2D eigenvalue weighted by Crippen LogP contribution is -2.00. The van der Waals surface area contributed by atoms with E-state index in [0.717, 1.165) is 11.1 Å². The first-order valence-corrected chi connectivity index (χ1v) is 7.14. The van der Waals surface area contributed by atoms with Crippen LogP contribution >= 0.6 is 23.2 Å². The summed E-state index contributed by atoms with van der Waals surface area (Å²) in [6.45, 7) is 0.298. The summed E-state index contributed by atoms with van der Waals surface area (Å²) < 4.78 is 10.9. The van der Waals surface area contributed by atoms with Gasteiger partial charge in [0, 0.05) is 5.56 Å². The topological polar surface area (TPSA) is 42.2 Å². The van der Waals surface area contributed by atoms with Crippen LogP contribution in [-0.2, 0) is 12.5 Å². The third-order valence-electron chi connectivity index (χ3n) is 2.96. The molecule has 2 aromatic rings. The van der Waals surface area contributed by atoms with E-state index < -0.39 is 0 Å². The maximum Gasteiger partial charge on any atom is 0.142 e. The Labute approximate surface area is 133 Å². The average Bonchev–Trinajstić information content (AvgIpc) is 2.53. The van der Waals surface area contributed by atoms with Gasteiger partial charge in [-0.15, -0.1) is 11.6 Å². The van der Waals surface area contributed by atoms with E-state index in [1.165, 1.54) is 7.11 Å². The second kappa shape index (κ2) is 7.21. The number of ether oxygens (including phenoxy) is 2. The van der Waals surface area contributed by atoms with E-state index >= 15 is 0 Å². The Morgan fingerprint density at radius 1 is 1.24 bits per heavy atom. The molecule has 0 fully saturated rings. The minimum atomic E-state index is 0.298. The molecule has 0 aliphatic carbocycles. The third kappa shape index (κ3) is 3.60. The van der Waals surface area contributed by atoms with Crippen molar-refractivity contribution < 1.29 is 9.47 Å². The van der Waals surface area contributed by atoms with Crippen molar-refractivity contribution in [1.29, 1.82) is 5.26 Å². The largest absolute Gasteiger partial charge is 0.495 e. The molecule has 2 aromatic carbocycles. The van der Waals surface area contributed by atoms with Gasteiger partial charge in [0.2, 0.25) is 0 Å². The normalized spacial score (nSPS) is 10.0. The highest BCUT2D eigenvalue weighted by molar-refractivity contribution is 6.32. The number of hydrogen-bond acceptors (Lipinski definition) is 3. The molecule has 0 aliphatic heterocycles. The Morgan fingerprint density at radius 3 is 2.71 bits per heavy atom. The van der Waals surface area contributed by atoms with Crippen molar-refractivity contribution in [1.82, 2.24) is 0 Å². The smallest absolute Gasteiger partial charge is 0.142 e. The van der Waals surface area contributed by atoms with Gasteiger partial charge in [-0.25, -0.2) is 0 Å². The fourth-order valence-corrected chi connectivity index (χ4v) is 2.37. The van der Waals surface area contributed by atoms with Gasteiger partial charge in [-0.1, -0.05) is 29.8 Å². The van der Waals surface area contributed by atoms with E-state index in [0.29, 0.717) is 34.6 Å². The molecule has 0 heterocycles. The van der Waals surface area contributed by atoms with Crippen LogP contribution in [0.1, 0.15) is 16.7 Å². The average molecular weight is 322 g/mol. The van der Waals surface area contributed by atoms with Gasteiger partial charge in [0.15, 0.2) is 0 Å². The van der Waals surface area contributed by atoms with Crippen molar-refractivity contribution in [3.8, 4) is 17.6 Å². The molecule has 108 valence electrons. The number of benzene rings is 2. The number of methoxy groups -OCH3 is 1. The van der Waals surface area contributed by atoms with Crippen molar-refractivity contribution in [3.05, 3.63) is 58.1 Å². The van der Waals surface area contributed by atoms with Gasteiger partial charge in [0.1, 0.15) is 24.2 Å². The lowest BCUT2D eigenvalue weighted by molar-refractivity contribution is 0.303. The maximum absolute atomic E-state index is 9.08. The highest BCUT2D eigenvalue weighted by atomic mass is 35.5. The minimum Gasteiger partial charge on any atom is -0.495 e. The summed E-state index contributed by atoms with van der Waals surface area (Å²) in [6.07, 6.45) is 0. The fourth-order valence-electron chi connectivity index (χ4n) is 1.91. The Balaban J connectivity index is 2.19. The van der Waals surface area contributed by atoms with E-state index in [2.05, 4.69) is 6.07 Å². The fraction of sp³-hybridized carbons (Fsp3) is 0.188. The Bertz CT molecular complexity index is 680. The maximum atomic E-state index is 9.08. The minimum absolute atomic E-state index is 0.298. The Kier molecular flexibility index (Phi) is 5.32. The first-order chi connectivity index (χ1) is 10.2. The molecule has 0 saturated carbocycles. The predicted octanol–water partition coefficient (Wildman–Crippen LogP) is 4.54. The summed E-state index contributed by atoms with van der Waals surface area (Å²) in [7, 11) is 1.53. The summed E-state index contributed by atoms with van der Waals surface area (Å²) in [5.41, 5.74) is 2.15. The number of nitrogens with zero attached hydrogens (tertiary/aromatic N) is 1. The zero-order chi connectivity index (χ0) is 15.2. The van der Waals surface area contributed by atoms with Crippen LogP contribution in [0, 0.1) is 11.3 Å². The molecule has 21 heavy (non-hydrogen) atoms. The quantitative estimate of drug-likeness (QED) is 0.759. The summed E-state index contributed by atoms with van der Waals surface area (Å²) in [5, 5.41) is 9.59. The van der Waals surface area contributed by atoms with Crippen LogP contribution in [0.15, 0.2) is 36.4 Å². The van der Waals surface area contributed by atoms with Gasteiger partial charge in [0.05, 0.1) is 23.6 Å². The molecule has 0 spiro atoms. The molecule has 0 aromatic heterocycles. The van der Waals surface area contributed by atoms with Gasteiger partial charge in [-0.2, -0.15) is 5.26 Å². The van der Waals surface area contributed by atoms with Crippen LogP contribution < -0.4 is 9.47 Å². The van der Waals surface area contributed by atoms with Crippen LogP contribution in [-0.4, -0.2) is 7.11 Å². The lowest BCUT2D eigenvalue weighted by Gasteiger charge is -2.12. The zero-order valence-electron chi connectivity index (χ0n) is 11.4. The van der Waals surface area contributed by atoms with Crippen LogP contribution in [0.4, 0.5) is 0 Å². The highest BCUT2D eigenvalue weighted by Crippen LogP contribution is 2.30. The molecule has 0 unspecified atom stereocenters. The lowest BCUT2D eigenvalue weighted by atomic mass is 10.1. The molecule has 3 nitrogen and oxygen atoms in total. The molecular weight excluding hydrogens is 309 g/mol. The first-order valence-electron chi connectivity index (χ1n) is 6.22. The van der Waals surface area contributed by atoms with Crippen molar-refractivity contribution in [3.63, 3.8) is 0 Å². The molecule has 5 heteroatoms. The SMILES string of the molecule is COc1ccc(COc2c(Cl)cccc2CCl)cc1C#N. The summed E-state index contributed by atoms with van der Waals surface area (Å²) in [6, 6.07) is 12.9. The van der Waals surface area contributed by atoms with Gasteiger partial charge >= 0.3 is 0 Å². The van der Waals surface area contributed by atoms with Crippen molar-refractivity contribution >= 4 is 23.2 Å². The van der Waals surface area contributed by atoms with Gasteiger partial charge in [-0.3, -0.25) is 0 Å². The number of para-hydroxylation sites is 1. The van der Waals surface area contributed by atoms with E-state index in [-0.39, 0.29) is 0 Å². The summed E-state index contributed by atoms with van der Waals surface area (Å²) in [5.74, 6) is 1.44. The highest BCUT2D eigenvalue weighted by Gasteiger charge is 2.09. The number of halogens is 2. The summed E-state index contributed by atoms with van der Waals surface area (Å²) in [4.78, 5) is 0. The predicted molar refractivity (Wildman–Crippen MR) is 83.1 cm³/mol. The monoisotopic (exact) mass is 321 g/mol. The standard InChI is InChI=1S/C16H13Cl2NO2/c1-20-15-6-5-11(7-13(15)9-19)10-21-16-12(8-17)3-2-4-14(16)18/h2-7H,8,10H2,1H3. The number of hydrogen-bond donors (Lipinski definition) is 0. The molecule has 2 rings (SSSR count). The van der Waals surface area contributed by atoms with Crippen molar-refractivity contribution in [2.45, 2.75) is 12.5 Å². The van der Waals surface area contributed by atoms with Gasteiger partial charge in [0.25, 0.3) is 0 Å². The van der Waals surface area contributed by atoms with Crippen LogP contribution in [0.5, 0.6) is 11.5 Å². The third-order valence-corrected chi connectivity index (χ3v) is 3.55. The van der Waals surface area contributed by atoms with Crippen molar-refractivity contribution in [2.24, 2.45) is 0 Å². The Morgan fingerprint density at radius 2 is 2.05 bits per heavy atom. The van der Waals surface area contributed by atoms with Gasteiger partial charge in [-0.05, 0) is 23.8 Å². The van der Waals surface area contributed by atoms with Crippen LogP contribution in [0.3, 0.4) is 0 Å². The molecule has 0 bridgehead atoms. The van der Waals surface area contributed by atoms with E-state index in [9.17, 15) is 0 Å². The van der Waals surface area contributed by atoms with Crippen molar-refractivity contribution in [2.75, 3.05) is 7.11 Å². The summed E-state index contributed by atoms with van der Waals surface area (Å²) >= 11 is 12.0. The van der Waals surface area contributed by atoms with Gasteiger partial charge < -0.3 is 9.47 Å². The van der Waals surface area contributed by atoms with E-state index in [4.69, 9.17) is 37.9 Å². The molecule has 0 amide bonds. The first kappa shape index (κ1) is 15.5. The van der Waals surface area contributed by atoms with Crippen LogP contribution in [0.25, 0.3) is 0 Å². The van der Waals surface area contributed by atoms with E-state index in [1.807, 2.05) is 18.2 Å². The Hall–Kier alpha value is -1.89. The number of rotatable bonds is 5. The molecule has 0 aliphatic rings. The second-order valence-corrected chi connectivity index (χ2v) is 4.97. The van der Waals surface area contributed by atoms with Crippen LogP contribution in [0.2, 0.25) is 5.02 Å². The molecule has 0 N–H and O–H groups in total. The molecule has 0 atom stereocenters. The number of alkyl halides is 1. The molecular formula is C16H13Cl2NO2. The van der Waals surface area contributed by atoms with E-state index in [1.54, 1.807) is 18.2 Å². The zero-order valence-corrected chi connectivity index (χ0v) is 12.9. The number of nitriles is 1. The second-order valence-electron chi connectivity index (χ2n) is 4.30.